The highest BCUT2D eigenvalue weighted by Gasteiger charge is 2.30. The van der Waals surface area contributed by atoms with E-state index in [2.05, 4.69) is 63.8 Å². The largest absolute Gasteiger partial charge is 0.311 e. The van der Waals surface area contributed by atoms with Gasteiger partial charge in [0.1, 0.15) is 0 Å². The molecule has 0 saturated carbocycles. The molecule has 3 heteroatoms. The minimum absolute atomic E-state index is 0.213. The smallest absolute Gasteiger partial charge is 0.0217 e. The van der Waals surface area contributed by atoms with Gasteiger partial charge in [0.05, 0.1) is 0 Å². The fourth-order valence-corrected chi connectivity index (χ4v) is 2.91. The lowest BCUT2D eigenvalue weighted by atomic mass is 9.85. The minimum atomic E-state index is 0.213. The average molecular weight is 284 g/mol. The Bertz CT molecular complexity index is 282. The standard InChI is InChI=1S/C17H37N3/c1-8-17(5,13-18-16(2,3)4)14-20-11-9-10-15(12-20)19(6)7/h15,18H,8-14H2,1-7H3. The first-order chi connectivity index (χ1) is 9.15. The van der Waals surface area contributed by atoms with Crippen molar-refractivity contribution < 1.29 is 0 Å². The van der Waals surface area contributed by atoms with Crippen molar-refractivity contribution in [3.63, 3.8) is 0 Å². The normalized spacial score (nSPS) is 24.9. The molecule has 0 radical (unpaired) electrons. The van der Waals surface area contributed by atoms with E-state index in [4.69, 9.17) is 0 Å². The van der Waals surface area contributed by atoms with E-state index in [1.54, 1.807) is 0 Å². The monoisotopic (exact) mass is 283 g/mol. The van der Waals surface area contributed by atoms with Gasteiger partial charge in [0.25, 0.3) is 0 Å². The van der Waals surface area contributed by atoms with Gasteiger partial charge in [-0.1, -0.05) is 13.8 Å². The Morgan fingerprint density at radius 3 is 2.35 bits per heavy atom. The van der Waals surface area contributed by atoms with E-state index >= 15 is 0 Å². The molecule has 0 bridgehead atoms. The lowest BCUT2D eigenvalue weighted by Gasteiger charge is -2.42. The van der Waals surface area contributed by atoms with Crippen LogP contribution in [0.5, 0.6) is 0 Å². The van der Waals surface area contributed by atoms with Crippen LogP contribution in [-0.2, 0) is 0 Å². The van der Waals surface area contributed by atoms with Crippen LogP contribution in [0.4, 0.5) is 0 Å². The Kier molecular flexibility index (Phi) is 6.49. The quantitative estimate of drug-likeness (QED) is 0.809. The molecule has 1 fully saturated rings. The van der Waals surface area contributed by atoms with Crippen molar-refractivity contribution in [2.75, 3.05) is 40.3 Å². The number of rotatable bonds is 6. The highest BCUT2D eigenvalue weighted by Crippen LogP contribution is 2.25. The molecule has 3 nitrogen and oxygen atoms in total. The third kappa shape index (κ3) is 6.11. The van der Waals surface area contributed by atoms with Crippen LogP contribution in [0.15, 0.2) is 0 Å². The van der Waals surface area contributed by atoms with Gasteiger partial charge >= 0.3 is 0 Å². The van der Waals surface area contributed by atoms with E-state index in [1.165, 1.54) is 38.9 Å². The summed E-state index contributed by atoms with van der Waals surface area (Å²) in [7, 11) is 4.43. The summed E-state index contributed by atoms with van der Waals surface area (Å²) in [5, 5.41) is 3.70. The van der Waals surface area contributed by atoms with E-state index in [0.717, 1.165) is 12.6 Å². The summed E-state index contributed by atoms with van der Waals surface area (Å²) in [6.07, 6.45) is 3.93. The Morgan fingerprint density at radius 2 is 1.85 bits per heavy atom. The molecule has 1 saturated heterocycles. The van der Waals surface area contributed by atoms with E-state index < -0.39 is 0 Å². The molecule has 1 aliphatic heterocycles. The highest BCUT2D eigenvalue weighted by molar-refractivity contribution is 4.86. The van der Waals surface area contributed by atoms with Gasteiger partial charge in [0, 0.05) is 31.2 Å². The van der Waals surface area contributed by atoms with E-state index in [9.17, 15) is 0 Å². The number of hydrogen-bond acceptors (Lipinski definition) is 3. The van der Waals surface area contributed by atoms with Crippen LogP contribution in [0.25, 0.3) is 0 Å². The highest BCUT2D eigenvalue weighted by atomic mass is 15.2. The predicted molar refractivity (Wildman–Crippen MR) is 89.3 cm³/mol. The third-order valence-corrected chi connectivity index (χ3v) is 4.72. The van der Waals surface area contributed by atoms with E-state index in [0.29, 0.717) is 5.41 Å². The van der Waals surface area contributed by atoms with Gasteiger partial charge < -0.3 is 15.1 Å². The Hall–Kier alpha value is -0.120. The molecule has 0 aliphatic carbocycles. The van der Waals surface area contributed by atoms with Crippen LogP contribution in [0.3, 0.4) is 0 Å². The number of likely N-dealkylation sites (tertiary alicyclic amines) is 1. The first kappa shape index (κ1) is 17.9. The molecule has 2 unspecified atom stereocenters. The van der Waals surface area contributed by atoms with Crippen molar-refractivity contribution in [2.24, 2.45) is 5.41 Å². The predicted octanol–water partition coefficient (Wildman–Crippen LogP) is 2.82. The molecule has 0 spiro atoms. The minimum Gasteiger partial charge on any atom is -0.311 e. The summed E-state index contributed by atoms with van der Waals surface area (Å²) in [6, 6.07) is 0.737. The molecule has 0 aromatic rings. The lowest BCUT2D eigenvalue weighted by molar-refractivity contribution is 0.0849. The van der Waals surface area contributed by atoms with Gasteiger partial charge in [0.15, 0.2) is 0 Å². The number of piperidine rings is 1. The topological polar surface area (TPSA) is 18.5 Å². The molecular weight excluding hydrogens is 246 g/mol. The van der Waals surface area contributed by atoms with Crippen LogP contribution < -0.4 is 5.32 Å². The number of likely N-dealkylation sites (N-methyl/N-ethyl adjacent to an activating group) is 1. The number of nitrogens with zero attached hydrogens (tertiary/aromatic N) is 2. The van der Waals surface area contributed by atoms with Gasteiger partial charge in [-0.05, 0) is 66.1 Å². The fraction of sp³-hybridized carbons (Fsp3) is 1.00. The van der Waals surface area contributed by atoms with Gasteiger partial charge in [0.2, 0.25) is 0 Å². The Balaban J connectivity index is 2.53. The molecular formula is C17H37N3. The summed E-state index contributed by atoms with van der Waals surface area (Å²) < 4.78 is 0. The number of hydrogen-bond donors (Lipinski definition) is 1. The first-order valence-electron chi connectivity index (χ1n) is 8.29. The average Bonchev–Trinajstić information content (AvgIpc) is 2.36. The lowest BCUT2D eigenvalue weighted by Crippen LogP contribution is -2.51. The zero-order valence-electron chi connectivity index (χ0n) is 14.9. The second-order valence-corrected chi connectivity index (χ2v) is 8.26. The van der Waals surface area contributed by atoms with Crippen LogP contribution in [0, 0.1) is 5.41 Å². The molecule has 0 amide bonds. The Labute approximate surface area is 127 Å². The SMILES string of the molecule is CCC(C)(CNC(C)(C)C)CN1CCCC(N(C)C)C1. The Morgan fingerprint density at radius 1 is 1.20 bits per heavy atom. The molecule has 0 aromatic carbocycles. The molecule has 2 atom stereocenters. The molecule has 120 valence electrons. The molecule has 20 heavy (non-hydrogen) atoms. The van der Waals surface area contributed by atoms with Crippen LogP contribution in [-0.4, -0.2) is 61.7 Å². The van der Waals surface area contributed by atoms with Crippen LogP contribution in [0.2, 0.25) is 0 Å². The van der Waals surface area contributed by atoms with Crippen molar-refractivity contribution in [1.82, 2.24) is 15.1 Å². The summed E-state index contributed by atoms with van der Waals surface area (Å²) in [4.78, 5) is 5.07. The van der Waals surface area contributed by atoms with Gasteiger partial charge in [-0.2, -0.15) is 0 Å². The van der Waals surface area contributed by atoms with E-state index in [1.807, 2.05) is 0 Å². The van der Waals surface area contributed by atoms with Crippen molar-refractivity contribution >= 4 is 0 Å². The maximum Gasteiger partial charge on any atom is 0.0217 e. The van der Waals surface area contributed by atoms with Gasteiger partial charge in [-0.3, -0.25) is 0 Å². The molecule has 0 aromatic heterocycles. The molecule has 1 heterocycles. The van der Waals surface area contributed by atoms with E-state index in [-0.39, 0.29) is 5.54 Å². The third-order valence-electron chi connectivity index (χ3n) is 4.72. The van der Waals surface area contributed by atoms with Crippen molar-refractivity contribution in [3.05, 3.63) is 0 Å². The first-order valence-corrected chi connectivity index (χ1v) is 8.29. The molecule has 1 aliphatic rings. The summed E-state index contributed by atoms with van der Waals surface area (Å²) in [5.41, 5.74) is 0.589. The maximum atomic E-state index is 3.70. The maximum absolute atomic E-state index is 3.70. The summed E-state index contributed by atoms with van der Waals surface area (Å²) in [5.74, 6) is 0. The second kappa shape index (κ2) is 7.24. The summed E-state index contributed by atoms with van der Waals surface area (Å²) in [6.45, 7) is 16.4. The van der Waals surface area contributed by atoms with Crippen molar-refractivity contribution in [2.45, 2.75) is 65.5 Å². The second-order valence-electron chi connectivity index (χ2n) is 8.26. The fourth-order valence-electron chi connectivity index (χ4n) is 2.91. The summed E-state index contributed by atoms with van der Waals surface area (Å²) >= 11 is 0. The van der Waals surface area contributed by atoms with Gasteiger partial charge in [-0.25, -0.2) is 0 Å². The van der Waals surface area contributed by atoms with Crippen LogP contribution in [0.1, 0.15) is 53.9 Å². The van der Waals surface area contributed by atoms with Crippen LogP contribution >= 0.6 is 0 Å². The zero-order valence-corrected chi connectivity index (χ0v) is 14.9. The zero-order chi connectivity index (χ0) is 15.4. The van der Waals surface area contributed by atoms with Crippen molar-refractivity contribution in [3.8, 4) is 0 Å². The number of nitrogens with one attached hydrogen (secondary N) is 1. The molecule has 1 N–H and O–H groups in total. The molecule has 1 rings (SSSR count). The van der Waals surface area contributed by atoms with Gasteiger partial charge in [-0.15, -0.1) is 0 Å². The van der Waals surface area contributed by atoms with Crippen molar-refractivity contribution in [1.29, 1.82) is 0 Å².